The summed E-state index contributed by atoms with van der Waals surface area (Å²) in [4.78, 5) is 17.9. The van der Waals surface area contributed by atoms with Crippen LogP contribution in [-0.4, -0.2) is 59.6 Å². The lowest BCUT2D eigenvalue weighted by molar-refractivity contribution is 0.1000. The van der Waals surface area contributed by atoms with E-state index in [9.17, 15) is 13.2 Å². The fraction of sp³-hybridized carbons (Fsp3) is 0.438. The highest BCUT2D eigenvalue weighted by Crippen LogP contribution is 2.22. The molecule has 0 aromatic carbocycles. The summed E-state index contributed by atoms with van der Waals surface area (Å²) in [6.45, 7) is 4.15. The molecule has 26 heavy (non-hydrogen) atoms. The largest absolute Gasteiger partial charge is 0.365 e. The van der Waals surface area contributed by atoms with Crippen molar-refractivity contribution in [2.75, 3.05) is 31.1 Å². The molecule has 0 aliphatic carbocycles. The van der Waals surface area contributed by atoms with Crippen LogP contribution >= 0.6 is 0 Å². The predicted molar refractivity (Wildman–Crippen MR) is 96.2 cm³/mol. The third-order valence-electron chi connectivity index (χ3n) is 4.29. The van der Waals surface area contributed by atoms with E-state index in [1.54, 1.807) is 29.2 Å². The molecule has 0 saturated carbocycles. The van der Waals surface area contributed by atoms with Crippen LogP contribution in [0.15, 0.2) is 35.6 Å². The number of hydrogen-bond acceptors (Lipinski definition) is 6. The molecule has 3 rings (SSSR count). The number of piperazine rings is 1. The standard InChI is InChI=1S/C16H22N6O3S/c1-2-6-21-12-13(11-19-21)26(24,25)22-9-7-20(8-10-22)16-14(15(17)23)4-3-5-18-16/h3-5,11-12H,2,6-10H2,1H3,(H2,17,23). The lowest BCUT2D eigenvalue weighted by Crippen LogP contribution is -2.49. The number of aromatic nitrogens is 3. The average molecular weight is 378 g/mol. The fourth-order valence-electron chi connectivity index (χ4n) is 2.96. The maximum atomic E-state index is 12.8. The maximum Gasteiger partial charge on any atom is 0.252 e. The van der Waals surface area contributed by atoms with E-state index in [2.05, 4.69) is 10.1 Å². The zero-order valence-corrected chi connectivity index (χ0v) is 15.4. The number of hydrogen-bond donors (Lipinski definition) is 1. The molecule has 2 N–H and O–H groups in total. The first kappa shape index (κ1) is 18.3. The Morgan fingerprint density at radius 1 is 1.27 bits per heavy atom. The Kier molecular flexibility index (Phi) is 5.23. The molecule has 1 amide bonds. The van der Waals surface area contributed by atoms with Crippen LogP contribution in [-0.2, 0) is 16.6 Å². The third-order valence-corrected chi connectivity index (χ3v) is 6.14. The highest BCUT2D eigenvalue weighted by molar-refractivity contribution is 7.89. The molecular weight excluding hydrogens is 356 g/mol. The molecule has 2 aromatic heterocycles. The van der Waals surface area contributed by atoms with Gasteiger partial charge < -0.3 is 10.6 Å². The van der Waals surface area contributed by atoms with Crippen molar-refractivity contribution in [3.63, 3.8) is 0 Å². The van der Waals surface area contributed by atoms with Crippen molar-refractivity contribution >= 4 is 21.7 Å². The van der Waals surface area contributed by atoms with Crippen molar-refractivity contribution in [2.45, 2.75) is 24.8 Å². The zero-order valence-electron chi connectivity index (χ0n) is 14.6. The van der Waals surface area contributed by atoms with Gasteiger partial charge in [0, 0.05) is 45.1 Å². The van der Waals surface area contributed by atoms with E-state index in [1.165, 1.54) is 10.5 Å². The minimum Gasteiger partial charge on any atom is -0.365 e. The second-order valence-electron chi connectivity index (χ2n) is 6.07. The number of carbonyl (C=O) groups excluding carboxylic acids is 1. The second-order valence-corrected chi connectivity index (χ2v) is 8.01. The van der Waals surface area contributed by atoms with E-state index in [4.69, 9.17) is 5.73 Å². The molecule has 9 nitrogen and oxygen atoms in total. The van der Waals surface area contributed by atoms with Crippen molar-refractivity contribution in [2.24, 2.45) is 5.73 Å². The Labute approximate surface area is 152 Å². The van der Waals surface area contributed by atoms with Gasteiger partial charge in [-0.25, -0.2) is 13.4 Å². The van der Waals surface area contributed by atoms with Crippen molar-refractivity contribution in [3.8, 4) is 0 Å². The maximum absolute atomic E-state index is 12.8. The van der Waals surface area contributed by atoms with Crippen LogP contribution in [0.5, 0.6) is 0 Å². The summed E-state index contributed by atoms with van der Waals surface area (Å²) in [5.41, 5.74) is 5.74. The molecule has 0 spiro atoms. The lowest BCUT2D eigenvalue weighted by Gasteiger charge is -2.35. The number of rotatable bonds is 6. The molecule has 10 heteroatoms. The fourth-order valence-corrected chi connectivity index (χ4v) is 4.34. The van der Waals surface area contributed by atoms with Gasteiger partial charge in [-0.2, -0.15) is 9.40 Å². The van der Waals surface area contributed by atoms with Gasteiger partial charge >= 0.3 is 0 Å². The van der Waals surface area contributed by atoms with E-state index in [0.29, 0.717) is 44.1 Å². The highest BCUT2D eigenvalue weighted by atomic mass is 32.2. The molecule has 0 bridgehead atoms. The second kappa shape index (κ2) is 7.42. The van der Waals surface area contributed by atoms with Gasteiger partial charge in [-0.05, 0) is 18.6 Å². The zero-order chi connectivity index (χ0) is 18.7. The average Bonchev–Trinajstić information content (AvgIpc) is 3.12. The summed E-state index contributed by atoms with van der Waals surface area (Å²) in [6, 6.07) is 3.27. The smallest absolute Gasteiger partial charge is 0.252 e. The van der Waals surface area contributed by atoms with Crippen molar-refractivity contribution in [3.05, 3.63) is 36.3 Å². The first-order chi connectivity index (χ1) is 12.4. The Morgan fingerprint density at radius 2 is 2.00 bits per heavy atom. The minimum atomic E-state index is -3.58. The molecule has 1 aliphatic rings. The number of aryl methyl sites for hydroxylation is 1. The molecule has 1 saturated heterocycles. The van der Waals surface area contributed by atoms with Crippen LogP contribution in [0, 0.1) is 0 Å². The van der Waals surface area contributed by atoms with Gasteiger partial charge in [-0.3, -0.25) is 9.48 Å². The first-order valence-corrected chi connectivity index (χ1v) is 9.90. The SMILES string of the molecule is CCCn1cc(S(=O)(=O)N2CCN(c3ncccc3C(N)=O)CC2)cn1. The molecule has 1 aliphatic heterocycles. The van der Waals surface area contributed by atoms with E-state index < -0.39 is 15.9 Å². The van der Waals surface area contributed by atoms with E-state index in [0.717, 1.165) is 6.42 Å². The summed E-state index contributed by atoms with van der Waals surface area (Å²) in [6.07, 6.45) is 5.43. The minimum absolute atomic E-state index is 0.204. The van der Waals surface area contributed by atoms with Crippen LogP contribution in [0.25, 0.3) is 0 Å². The summed E-state index contributed by atoms with van der Waals surface area (Å²) in [5.74, 6) is -0.0562. The number of sulfonamides is 1. The summed E-state index contributed by atoms with van der Waals surface area (Å²) < 4.78 is 28.6. The van der Waals surface area contributed by atoms with E-state index in [1.807, 2.05) is 11.8 Å². The van der Waals surface area contributed by atoms with E-state index >= 15 is 0 Å². The normalized spacial score (nSPS) is 16.0. The number of anilines is 1. The third kappa shape index (κ3) is 3.56. The van der Waals surface area contributed by atoms with Gasteiger partial charge in [0.2, 0.25) is 10.0 Å². The van der Waals surface area contributed by atoms with Crippen LogP contribution < -0.4 is 10.6 Å². The van der Waals surface area contributed by atoms with Crippen molar-refractivity contribution in [1.29, 1.82) is 0 Å². The Morgan fingerprint density at radius 3 is 2.65 bits per heavy atom. The quantitative estimate of drug-likeness (QED) is 0.773. The number of nitrogens with two attached hydrogens (primary N) is 1. The van der Waals surface area contributed by atoms with Crippen molar-refractivity contribution < 1.29 is 13.2 Å². The number of carbonyl (C=O) groups is 1. The Hall–Kier alpha value is -2.46. The highest BCUT2D eigenvalue weighted by Gasteiger charge is 2.30. The first-order valence-electron chi connectivity index (χ1n) is 8.46. The molecule has 3 heterocycles. The number of nitrogens with zero attached hydrogens (tertiary/aromatic N) is 5. The molecular formula is C16H22N6O3S. The predicted octanol–water partition coefficient (Wildman–Crippen LogP) is 0.298. The molecule has 0 unspecified atom stereocenters. The van der Waals surface area contributed by atoms with Gasteiger partial charge in [0.15, 0.2) is 0 Å². The summed E-state index contributed by atoms with van der Waals surface area (Å²) in [5, 5.41) is 4.10. The van der Waals surface area contributed by atoms with Crippen LogP contribution in [0.3, 0.4) is 0 Å². The summed E-state index contributed by atoms with van der Waals surface area (Å²) >= 11 is 0. The molecule has 0 atom stereocenters. The Bertz CT molecular complexity index is 887. The molecule has 2 aromatic rings. The van der Waals surface area contributed by atoms with Gasteiger partial charge in [0.1, 0.15) is 10.7 Å². The lowest BCUT2D eigenvalue weighted by atomic mass is 10.2. The number of amides is 1. The van der Waals surface area contributed by atoms with Gasteiger partial charge in [-0.15, -0.1) is 0 Å². The summed E-state index contributed by atoms with van der Waals surface area (Å²) in [7, 11) is -3.58. The monoisotopic (exact) mass is 378 g/mol. The van der Waals surface area contributed by atoms with Crippen LogP contribution in [0.4, 0.5) is 5.82 Å². The van der Waals surface area contributed by atoms with Crippen molar-refractivity contribution in [1.82, 2.24) is 19.1 Å². The Balaban J connectivity index is 1.73. The molecule has 140 valence electrons. The number of pyridine rings is 1. The topological polar surface area (TPSA) is 114 Å². The number of primary amides is 1. The van der Waals surface area contributed by atoms with Gasteiger partial charge in [0.25, 0.3) is 5.91 Å². The molecule has 0 radical (unpaired) electrons. The molecule has 1 fully saturated rings. The van der Waals surface area contributed by atoms with Crippen LogP contribution in [0.1, 0.15) is 23.7 Å². The van der Waals surface area contributed by atoms with E-state index in [-0.39, 0.29) is 4.90 Å². The van der Waals surface area contributed by atoms with Gasteiger partial charge in [0.05, 0.1) is 11.8 Å². The van der Waals surface area contributed by atoms with Crippen LogP contribution in [0.2, 0.25) is 0 Å². The van der Waals surface area contributed by atoms with Gasteiger partial charge in [-0.1, -0.05) is 6.92 Å².